The maximum absolute atomic E-state index is 14.3. The highest BCUT2D eigenvalue weighted by molar-refractivity contribution is 8.02. The van der Waals surface area contributed by atoms with Crippen molar-refractivity contribution in [3.63, 3.8) is 0 Å². The number of hydrogen-bond donors (Lipinski definition) is 3. The van der Waals surface area contributed by atoms with E-state index in [0.717, 1.165) is 30.3 Å². The van der Waals surface area contributed by atoms with Crippen molar-refractivity contribution in [2.24, 2.45) is 17.8 Å². The molecule has 1 spiro atoms. The highest BCUT2D eigenvalue weighted by Crippen LogP contribution is 2.71. The van der Waals surface area contributed by atoms with Gasteiger partial charge < -0.3 is 20.6 Å². The van der Waals surface area contributed by atoms with Gasteiger partial charge in [-0.2, -0.15) is 0 Å². The average molecular weight is 543 g/mol. The fourth-order valence-electron chi connectivity index (χ4n) is 6.88. The van der Waals surface area contributed by atoms with Crippen molar-refractivity contribution >= 4 is 40.5 Å². The minimum absolute atomic E-state index is 0.0149. The lowest BCUT2D eigenvalue weighted by Gasteiger charge is -2.39. The van der Waals surface area contributed by atoms with E-state index in [2.05, 4.69) is 27.9 Å². The number of rotatable bonds is 10. The SMILES string of the molecule is CCCNC(=O)[C@@H]1[C@H]2C(=O)N([C@@H](CO)[C@@H](C)CC)C(C(=O)NCn3nnc4ccccc43)C23CC[C@@]1(C)S3. The van der Waals surface area contributed by atoms with Crippen LogP contribution in [0.5, 0.6) is 0 Å². The summed E-state index contributed by atoms with van der Waals surface area (Å²) in [6.45, 7) is 8.48. The summed E-state index contributed by atoms with van der Waals surface area (Å²) in [4.78, 5) is 43.4. The van der Waals surface area contributed by atoms with Gasteiger partial charge >= 0.3 is 0 Å². The van der Waals surface area contributed by atoms with E-state index in [1.165, 1.54) is 0 Å². The van der Waals surface area contributed by atoms with Crippen LogP contribution in [0.25, 0.3) is 11.0 Å². The van der Waals surface area contributed by atoms with Crippen LogP contribution in [0.15, 0.2) is 24.3 Å². The second-order valence-corrected chi connectivity index (χ2v) is 13.1. The van der Waals surface area contributed by atoms with Crippen LogP contribution >= 0.6 is 11.8 Å². The molecule has 0 radical (unpaired) electrons. The first-order chi connectivity index (χ1) is 18.2. The van der Waals surface area contributed by atoms with Gasteiger partial charge in [-0.05, 0) is 44.2 Å². The molecule has 2 unspecified atom stereocenters. The zero-order valence-corrected chi connectivity index (χ0v) is 23.3. The average Bonchev–Trinajstić information content (AvgIpc) is 3.62. The fourth-order valence-corrected chi connectivity index (χ4v) is 9.22. The summed E-state index contributed by atoms with van der Waals surface area (Å²) < 4.78 is 0.481. The van der Waals surface area contributed by atoms with Gasteiger partial charge in [-0.3, -0.25) is 14.4 Å². The number of carbonyl (C=O) groups excluding carboxylic acids is 3. The van der Waals surface area contributed by atoms with Gasteiger partial charge in [0.05, 0.1) is 34.7 Å². The topological polar surface area (TPSA) is 129 Å². The Morgan fingerprint density at radius 1 is 1.21 bits per heavy atom. The molecule has 3 aliphatic heterocycles. The lowest BCUT2D eigenvalue weighted by molar-refractivity contribution is -0.144. The van der Waals surface area contributed by atoms with Crippen LogP contribution in [-0.2, 0) is 21.1 Å². The molecule has 206 valence electrons. The second kappa shape index (κ2) is 10.1. The molecule has 1 aromatic carbocycles. The van der Waals surface area contributed by atoms with Crippen LogP contribution in [0.1, 0.15) is 53.4 Å². The molecule has 11 heteroatoms. The Bertz CT molecular complexity index is 1240. The second-order valence-electron chi connectivity index (χ2n) is 11.2. The highest BCUT2D eigenvalue weighted by Gasteiger charge is 2.77. The number of nitrogens with zero attached hydrogens (tertiary/aromatic N) is 4. The molecular formula is C27H38N6O4S. The van der Waals surface area contributed by atoms with Crippen molar-refractivity contribution in [2.75, 3.05) is 13.2 Å². The van der Waals surface area contributed by atoms with Crippen molar-refractivity contribution in [1.82, 2.24) is 30.5 Å². The first kappa shape index (κ1) is 26.9. The van der Waals surface area contributed by atoms with E-state index in [9.17, 15) is 19.5 Å². The zero-order chi connectivity index (χ0) is 27.2. The van der Waals surface area contributed by atoms with Crippen molar-refractivity contribution in [2.45, 2.75) is 81.6 Å². The molecule has 2 aromatic rings. The molecule has 1 aromatic heterocycles. The summed E-state index contributed by atoms with van der Waals surface area (Å²) in [5, 5.41) is 24.8. The van der Waals surface area contributed by atoms with Crippen LogP contribution < -0.4 is 10.6 Å². The third-order valence-corrected chi connectivity index (χ3v) is 10.9. The number of carbonyl (C=O) groups is 3. The van der Waals surface area contributed by atoms with Crippen LogP contribution in [0.2, 0.25) is 0 Å². The standard InChI is InChI=1S/C27H38N6O4S/c1-5-13-28-23(35)20-21-25(37)33(19(14-34)16(3)6-2)22(27(21)12-11-26(20,4)38-27)24(36)29-15-32-18-10-8-7-9-17(18)30-31-32/h7-10,16,19-22,34H,5-6,11-15H2,1-4H3,(H,28,35)(H,29,36)/t16-,19-,20-,21-,22?,26+,27?/m0/s1. The lowest BCUT2D eigenvalue weighted by Crippen LogP contribution is -2.58. The van der Waals surface area contributed by atoms with E-state index in [0.29, 0.717) is 13.0 Å². The third-order valence-electron chi connectivity index (χ3n) is 8.96. The predicted octanol–water partition coefficient (Wildman–Crippen LogP) is 1.92. The number of hydrogen-bond acceptors (Lipinski definition) is 7. The monoisotopic (exact) mass is 542 g/mol. The largest absolute Gasteiger partial charge is 0.394 e. The molecule has 3 amide bonds. The van der Waals surface area contributed by atoms with E-state index in [1.54, 1.807) is 21.3 Å². The number of aromatic nitrogens is 3. The van der Waals surface area contributed by atoms with Gasteiger partial charge in [0, 0.05) is 11.3 Å². The van der Waals surface area contributed by atoms with Gasteiger partial charge in [-0.25, -0.2) is 4.68 Å². The molecular weight excluding hydrogens is 504 g/mol. The number of para-hydroxylation sites is 1. The third kappa shape index (κ3) is 4.00. The molecule has 3 fully saturated rings. The molecule has 4 heterocycles. The van der Waals surface area contributed by atoms with Gasteiger partial charge in [0.25, 0.3) is 0 Å². The van der Waals surface area contributed by atoms with E-state index in [4.69, 9.17) is 0 Å². The first-order valence-electron chi connectivity index (χ1n) is 13.7. The highest BCUT2D eigenvalue weighted by atomic mass is 32.2. The molecule has 5 rings (SSSR count). The van der Waals surface area contributed by atoms with E-state index in [-0.39, 0.29) is 36.9 Å². The fraction of sp³-hybridized carbons (Fsp3) is 0.667. The number of benzene rings is 1. The minimum atomic E-state index is -0.795. The summed E-state index contributed by atoms with van der Waals surface area (Å²) in [5.74, 6) is -1.73. The predicted molar refractivity (Wildman–Crippen MR) is 145 cm³/mol. The Morgan fingerprint density at radius 2 is 1.97 bits per heavy atom. The molecule has 7 atom stereocenters. The number of aliphatic hydroxyl groups excluding tert-OH is 1. The maximum atomic E-state index is 14.3. The van der Waals surface area contributed by atoms with Gasteiger partial charge in [-0.15, -0.1) is 16.9 Å². The van der Waals surface area contributed by atoms with Gasteiger partial charge in [0.2, 0.25) is 17.7 Å². The van der Waals surface area contributed by atoms with Crippen LogP contribution in [0, 0.1) is 17.8 Å². The molecule has 3 N–H and O–H groups in total. The Labute approximate surface area is 227 Å². The van der Waals surface area contributed by atoms with E-state index in [1.807, 2.05) is 45.0 Å². The van der Waals surface area contributed by atoms with Crippen LogP contribution in [-0.4, -0.2) is 77.5 Å². The summed E-state index contributed by atoms with van der Waals surface area (Å²) in [7, 11) is 0. The number of thioether (sulfide) groups is 1. The number of fused-ring (bicyclic) bond motifs is 2. The normalized spacial score (nSPS) is 31.4. The molecule has 0 aliphatic carbocycles. The number of amides is 3. The van der Waals surface area contributed by atoms with E-state index >= 15 is 0 Å². The number of likely N-dealkylation sites (tertiary alicyclic amines) is 1. The van der Waals surface area contributed by atoms with Crippen LogP contribution in [0.4, 0.5) is 0 Å². The van der Waals surface area contributed by atoms with Gasteiger partial charge in [0.15, 0.2) is 0 Å². The quantitative estimate of drug-likeness (QED) is 0.418. The molecule has 2 bridgehead atoms. The Balaban J connectivity index is 1.51. The molecule has 10 nitrogen and oxygen atoms in total. The molecule has 3 saturated heterocycles. The van der Waals surface area contributed by atoms with Gasteiger partial charge in [0.1, 0.15) is 18.2 Å². The minimum Gasteiger partial charge on any atom is -0.394 e. The molecule has 0 saturated carbocycles. The summed E-state index contributed by atoms with van der Waals surface area (Å²) in [5.41, 5.74) is 1.53. The molecule has 3 aliphatic rings. The first-order valence-corrected chi connectivity index (χ1v) is 14.5. The summed E-state index contributed by atoms with van der Waals surface area (Å²) in [6.07, 6.45) is 2.98. The van der Waals surface area contributed by atoms with Crippen molar-refractivity contribution < 1.29 is 19.5 Å². The Morgan fingerprint density at radius 3 is 2.68 bits per heavy atom. The number of aliphatic hydroxyl groups is 1. The Kier molecular flexibility index (Phi) is 7.19. The molecule has 38 heavy (non-hydrogen) atoms. The lowest BCUT2D eigenvalue weighted by atomic mass is 9.66. The van der Waals surface area contributed by atoms with Gasteiger partial charge in [-0.1, -0.05) is 44.5 Å². The maximum Gasteiger partial charge on any atom is 0.245 e. The van der Waals surface area contributed by atoms with Crippen molar-refractivity contribution in [3.8, 4) is 0 Å². The smallest absolute Gasteiger partial charge is 0.245 e. The van der Waals surface area contributed by atoms with E-state index < -0.39 is 33.4 Å². The summed E-state index contributed by atoms with van der Waals surface area (Å²) >= 11 is 1.64. The van der Waals surface area contributed by atoms with Crippen molar-refractivity contribution in [3.05, 3.63) is 24.3 Å². The van der Waals surface area contributed by atoms with Crippen LogP contribution in [0.3, 0.4) is 0 Å². The van der Waals surface area contributed by atoms with Crippen molar-refractivity contribution in [1.29, 1.82) is 0 Å². The summed E-state index contributed by atoms with van der Waals surface area (Å²) in [6, 6.07) is 6.21. The number of nitrogens with one attached hydrogen (secondary N) is 2. The Hall–Kier alpha value is -2.66. The zero-order valence-electron chi connectivity index (χ0n) is 22.5.